The number of methoxy groups -OCH3 is 1. The highest BCUT2D eigenvalue weighted by molar-refractivity contribution is 5.67. The van der Waals surface area contributed by atoms with Gasteiger partial charge in [0.05, 0.1) is 7.11 Å². The highest BCUT2D eigenvalue weighted by atomic mass is 16.5. The van der Waals surface area contributed by atoms with Crippen LogP contribution < -0.4 is 5.32 Å². The molecule has 0 saturated carbocycles. The molecule has 2 unspecified atom stereocenters. The Hall–Kier alpha value is -0.770. The molecule has 1 aliphatic heterocycles. The van der Waals surface area contributed by atoms with E-state index in [1.807, 2.05) is 0 Å². The standard InChI is InChI=1S/C15H30N2O2/c1-5-6-7-13-8-14(16-15(18)19-4)11-17(10-13)9-12(2)3/h12-14H,5-11H2,1-4H3,(H,16,18). The zero-order valence-corrected chi connectivity index (χ0v) is 12.9. The predicted octanol–water partition coefficient (Wildman–Crippen LogP) is 2.88. The second-order valence-corrected chi connectivity index (χ2v) is 6.19. The number of carbonyl (C=O) groups excluding carboxylic acids is 1. The molecule has 1 rings (SSSR count). The summed E-state index contributed by atoms with van der Waals surface area (Å²) in [4.78, 5) is 13.9. The van der Waals surface area contributed by atoms with Gasteiger partial charge < -0.3 is 15.0 Å². The first-order chi connectivity index (χ1) is 9.05. The van der Waals surface area contributed by atoms with Crippen molar-refractivity contribution in [3.05, 3.63) is 0 Å². The van der Waals surface area contributed by atoms with E-state index in [9.17, 15) is 4.79 Å². The highest BCUT2D eigenvalue weighted by Crippen LogP contribution is 2.23. The molecule has 1 heterocycles. The SMILES string of the molecule is CCCCC1CC(NC(=O)OC)CN(CC(C)C)C1. The van der Waals surface area contributed by atoms with Gasteiger partial charge in [0.25, 0.3) is 0 Å². The van der Waals surface area contributed by atoms with E-state index in [0.717, 1.165) is 19.5 Å². The third kappa shape index (κ3) is 6.28. The minimum absolute atomic E-state index is 0.238. The van der Waals surface area contributed by atoms with Gasteiger partial charge in [-0.05, 0) is 24.7 Å². The van der Waals surface area contributed by atoms with Gasteiger partial charge in [-0.25, -0.2) is 4.79 Å². The van der Waals surface area contributed by atoms with Crippen LogP contribution in [0.2, 0.25) is 0 Å². The Morgan fingerprint density at radius 3 is 2.74 bits per heavy atom. The number of ether oxygens (including phenoxy) is 1. The molecule has 4 heteroatoms. The number of alkyl carbamates (subject to hydrolysis) is 1. The van der Waals surface area contributed by atoms with Crippen molar-refractivity contribution in [2.24, 2.45) is 11.8 Å². The molecule has 0 aromatic carbocycles. The molecule has 0 spiro atoms. The summed E-state index contributed by atoms with van der Waals surface area (Å²) in [5.74, 6) is 1.37. The summed E-state index contributed by atoms with van der Waals surface area (Å²) >= 11 is 0. The Balaban J connectivity index is 2.52. The third-order valence-corrected chi connectivity index (χ3v) is 3.71. The lowest BCUT2D eigenvalue weighted by atomic mass is 9.89. The topological polar surface area (TPSA) is 41.6 Å². The fraction of sp³-hybridized carbons (Fsp3) is 0.933. The number of hydrogen-bond acceptors (Lipinski definition) is 3. The van der Waals surface area contributed by atoms with E-state index in [1.54, 1.807) is 0 Å². The summed E-state index contributed by atoms with van der Waals surface area (Å²) in [6.07, 6.45) is 4.58. The van der Waals surface area contributed by atoms with Crippen molar-refractivity contribution in [3.8, 4) is 0 Å². The van der Waals surface area contributed by atoms with E-state index in [1.165, 1.54) is 32.9 Å². The maximum atomic E-state index is 11.4. The summed E-state index contributed by atoms with van der Waals surface area (Å²) in [6.45, 7) is 9.98. The Morgan fingerprint density at radius 1 is 1.42 bits per heavy atom. The Labute approximate surface area is 117 Å². The van der Waals surface area contributed by atoms with E-state index in [0.29, 0.717) is 11.8 Å². The largest absolute Gasteiger partial charge is 0.453 e. The van der Waals surface area contributed by atoms with Crippen LogP contribution in [0.3, 0.4) is 0 Å². The molecule has 0 bridgehead atoms. The lowest BCUT2D eigenvalue weighted by Gasteiger charge is -2.38. The molecule has 1 fully saturated rings. The van der Waals surface area contributed by atoms with E-state index >= 15 is 0 Å². The summed E-state index contributed by atoms with van der Waals surface area (Å²) in [5.41, 5.74) is 0. The first-order valence-electron chi connectivity index (χ1n) is 7.62. The zero-order chi connectivity index (χ0) is 14.3. The summed E-state index contributed by atoms with van der Waals surface area (Å²) in [6, 6.07) is 0.238. The molecule has 1 N–H and O–H groups in total. The molecule has 112 valence electrons. The number of nitrogens with zero attached hydrogens (tertiary/aromatic N) is 1. The second kappa shape index (κ2) is 8.41. The number of unbranched alkanes of at least 4 members (excludes halogenated alkanes) is 1. The fourth-order valence-electron chi connectivity index (χ4n) is 3.00. The quantitative estimate of drug-likeness (QED) is 0.807. The molecule has 1 amide bonds. The summed E-state index contributed by atoms with van der Waals surface area (Å²) < 4.78 is 4.72. The van der Waals surface area contributed by atoms with Crippen LogP contribution in [-0.2, 0) is 4.74 Å². The van der Waals surface area contributed by atoms with Crippen LogP contribution >= 0.6 is 0 Å². The Morgan fingerprint density at radius 2 is 2.16 bits per heavy atom. The van der Waals surface area contributed by atoms with Gasteiger partial charge in [-0.1, -0.05) is 33.6 Å². The van der Waals surface area contributed by atoms with Gasteiger partial charge in [-0.15, -0.1) is 0 Å². The lowest BCUT2D eigenvalue weighted by molar-refractivity contribution is 0.112. The van der Waals surface area contributed by atoms with Gasteiger partial charge in [0.15, 0.2) is 0 Å². The second-order valence-electron chi connectivity index (χ2n) is 6.19. The lowest BCUT2D eigenvalue weighted by Crippen LogP contribution is -2.51. The number of likely N-dealkylation sites (tertiary alicyclic amines) is 1. The van der Waals surface area contributed by atoms with Crippen molar-refractivity contribution in [2.75, 3.05) is 26.7 Å². The minimum Gasteiger partial charge on any atom is -0.453 e. The van der Waals surface area contributed by atoms with Crippen LogP contribution in [0, 0.1) is 11.8 Å². The zero-order valence-electron chi connectivity index (χ0n) is 12.9. The van der Waals surface area contributed by atoms with Crippen molar-refractivity contribution in [3.63, 3.8) is 0 Å². The van der Waals surface area contributed by atoms with Crippen molar-refractivity contribution in [2.45, 2.75) is 52.5 Å². The number of nitrogens with one attached hydrogen (secondary N) is 1. The van der Waals surface area contributed by atoms with Crippen LogP contribution in [0.4, 0.5) is 4.79 Å². The minimum atomic E-state index is -0.300. The van der Waals surface area contributed by atoms with E-state index in [2.05, 4.69) is 31.0 Å². The van der Waals surface area contributed by atoms with E-state index in [4.69, 9.17) is 4.74 Å². The number of piperidine rings is 1. The number of carbonyl (C=O) groups is 1. The van der Waals surface area contributed by atoms with Gasteiger partial charge in [-0.3, -0.25) is 0 Å². The average Bonchev–Trinajstić information content (AvgIpc) is 2.35. The van der Waals surface area contributed by atoms with Gasteiger partial charge in [-0.2, -0.15) is 0 Å². The van der Waals surface area contributed by atoms with Crippen LogP contribution in [-0.4, -0.2) is 43.8 Å². The first kappa shape index (κ1) is 16.3. The molecule has 1 saturated heterocycles. The average molecular weight is 270 g/mol. The van der Waals surface area contributed by atoms with Crippen molar-refractivity contribution < 1.29 is 9.53 Å². The Kier molecular flexibility index (Phi) is 7.21. The predicted molar refractivity (Wildman–Crippen MR) is 78.2 cm³/mol. The monoisotopic (exact) mass is 270 g/mol. The first-order valence-corrected chi connectivity index (χ1v) is 7.62. The summed E-state index contributed by atoms with van der Waals surface area (Å²) in [7, 11) is 1.43. The van der Waals surface area contributed by atoms with Crippen molar-refractivity contribution in [1.29, 1.82) is 0 Å². The molecular formula is C15H30N2O2. The summed E-state index contributed by atoms with van der Waals surface area (Å²) in [5, 5.41) is 2.98. The van der Waals surface area contributed by atoms with Gasteiger partial charge in [0.2, 0.25) is 0 Å². The van der Waals surface area contributed by atoms with Crippen LogP contribution in [0.5, 0.6) is 0 Å². The van der Waals surface area contributed by atoms with Crippen molar-refractivity contribution >= 4 is 6.09 Å². The fourth-order valence-corrected chi connectivity index (χ4v) is 3.00. The van der Waals surface area contributed by atoms with Gasteiger partial charge >= 0.3 is 6.09 Å². The van der Waals surface area contributed by atoms with Crippen LogP contribution in [0.15, 0.2) is 0 Å². The molecule has 0 radical (unpaired) electrons. The third-order valence-electron chi connectivity index (χ3n) is 3.71. The van der Waals surface area contributed by atoms with E-state index in [-0.39, 0.29) is 12.1 Å². The molecule has 0 aromatic rings. The van der Waals surface area contributed by atoms with Crippen LogP contribution in [0.25, 0.3) is 0 Å². The molecule has 2 atom stereocenters. The maximum Gasteiger partial charge on any atom is 0.407 e. The molecule has 19 heavy (non-hydrogen) atoms. The van der Waals surface area contributed by atoms with Gasteiger partial charge in [0, 0.05) is 25.7 Å². The van der Waals surface area contributed by atoms with Crippen molar-refractivity contribution in [1.82, 2.24) is 10.2 Å². The number of rotatable bonds is 6. The van der Waals surface area contributed by atoms with Gasteiger partial charge in [0.1, 0.15) is 0 Å². The van der Waals surface area contributed by atoms with E-state index < -0.39 is 0 Å². The molecule has 0 aromatic heterocycles. The Bertz CT molecular complexity index is 269. The molecular weight excluding hydrogens is 240 g/mol. The smallest absolute Gasteiger partial charge is 0.407 e. The number of hydrogen-bond donors (Lipinski definition) is 1. The molecule has 4 nitrogen and oxygen atoms in total. The maximum absolute atomic E-state index is 11.4. The normalized spacial score (nSPS) is 24.5. The molecule has 0 aliphatic carbocycles. The van der Waals surface area contributed by atoms with Crippen LogP contribution in [0.1, 0.15) is 46.5 Å². The molecule has 1 aliphatic rings. The highest BCUT2D eigenvalue weighted by Gasteiger charge is 2.28. The number of amides is 1.